The molecule has 0 aromatic heterocycles. The molecule has 4 atom stereocenters. The van der Waals surface area contributed by atoms with Crippen molar-refractivity contribution >= 4 is 0 Å². The molecule has 3 aliphatic rings. The first-order chi connectivity index (χ1) is 9.82. The van der Waals surface area contributed by atoms with E-state index in [-0.39, 0.29) is 5.60 Å². The van der Waals surface area contributed by atoms with Gasteiger partial charge in [0.1, 0.15) is 0 Å². The van der Waals surface area contributed by atoms with Gasteiger partial charge in [-0.15, -0.1) is 0 Å². The second-order valence-electron chi connectivity index (χ2n) is 8.57. The molecule has 118 valence electrons. The number of ether oxygens (including phenoxy) is 1. The number of allylic oxidation sites excluding steroid dienone is 3. The Bertz CT molecular complexity index is 458. The molecule has 2 aliphatic carbocycles. The highest BCUT2D eigenvalue weighted by molar-refractivity contribution is 5.17. The molecule has 0 N–H and O–H groups in total. The molecule has 1 heteroatoms. The fourth-order valence-electron chi connectivity index (χ4n) is 4.80. The van der Waals surface area contributed by atoms with E-state index in [4.69, 9.17) is 4.74 Å². The van der Waals surface area contributed by atoms with Crippen molar-refractivity contribution in [1.82, 2.24) is 0 Å². The first-order valence-corrected chi connectivity index (χ1v) is 8.84. The van der Waals surface area contributed by atoms with E-state index in [2.05, 4.69) is 40.3 Å². The van der Waals surface area contributed by atoms with Crippen LogP contribution in [0.1, 0.15) is 72.6 Å². The highest BCUT2D eigenvalue weighted by atomic mass is 16.6. The highest BCUT2D eigenvalue weighted by Crippen LogP contribution is 2.53. The van der Waals surface area contributed by atoms with Gasteiger partial charge in [-0.05, 0) is 83.0 Å². The predicted molar refractivity (Wildman–Crippen MR) is 89.3 cm³/mol. The number of hydrogen-bond acceptors (Lipinski definition) is 1. The molecule has 0 bridgehead atoms. The Labute approximate surface area is 130 Å². The minimum Gasteiger partial charge on any atom is -0.367 e. The van der Waals surface area contributed by atoms with Crippen LogP contribution >= 0.6 is 0 Å². The minimum absolute atomic E-state index is 0.133. The van der Waals surface area contributed by atoms with Gasteiger partial charge in [-0.3, -0.25) is 0 Å². The average molecular weight is 288 g/mol. The third kappa shape index (κ3) is 2.99. The van der Waals surface area contributed by atoms with Crippen molar-refractivity contribution in [3.05, 3.63) is 23.8 Å². The van der Waals surface area contributed by atoms with E-state index >= 15 is 0 Å². The molecule has 0 radical (unpaired) electrons. The van der Waals surface area contributed by atoms with E-state index in [1.165, 1.54) is 44.1 Å². The summed E-state index contributed by atoms with van der Waals surface area (Å²) in [5.74, 6) is 1.54. The zero-order valence-electron chi connectivity index (χ0n) is 14.4. The van der Waals surface area contributed by atoms with Crippen LogP contribution in [0.25, 0.3) is 0 Å². The van der Waals surface area contributed by atoms with E-state index in [9.17, 15) is 0 Å². The number of rotatable bonds is 4. The lowest BCUT2D eigenvalue weighted by Gasteiger charge is -2.48. The quantitative estimate of drug-likeness (QED) is 0.480. The fraction of sp³-hybridized carbons (Fsp3) is 0.800. The van der Waals surface area contributed by atoms with Gasteiger partial charge in [0.2, 0.25) is 0 Å². The molecule has 0 spiro atoms. The number of fused-ring (bicyclic) bond motifs is 1. The van der Waals surface area contributed by atoms with E-state index in [1.54, 1.807) is 5.57 Å². The topological polar surface area (TPSA) is 12.5 Å². The van der Waals surface area contributed by atoms with Crippen molar-refractivity contribution < 1.29 is 4.74 Å². The van der Waals surface area contributed by atoms with E-state index < -0.39 is 0 Å². The van der Waals surface area contributed by atoms with Gasteiger partial charge in [-0.25, -0.2) is 0 Å². The average Bonchev–Trinajstić information content (AvgIpc) is 3.03. The summed E-state index contributed by atoms with van der Waals surface area (Å²) in [4.78, 5) is 0. The summed E-state index contributed by atoms with van der Waals surface area (Å²) in [7, 11) is 0. The van der Waals surface area contributed by atoms with Crippen LogP contribution in [-0.4, -0.2) is 11.7 Å². The maximum Gasteiger partial charge on any atom is 0.0892 e. The predicted octanol–water partition coefficient (Wildman–Crippen LogP) is 5.66. The minimum atomic E-state index is 0.133. The summed E-state index contributed by atoms with van der Waals surface area (Å²) in [6.07, 6.45) is 12.0. The summed E-state index contributed by atoms with van der Waals surface area (Å²) in [5.41, 5.74) is 3.83. The Morgan fingerprint density at radius 2 is 2.05 bits per heavy atom. The molecular formula is C20H32O. The molecule has 0 aromatic rings. The van der Waals surface area contributed by atoms with E-state index in [0.717, 1.165) is 18.3 Å². The van der Waals surface area contributed by atoms with Crippen LogP contribution in [0.2, 0.25) is 0 Å². The lowest BCUT2D eigenvalue weighted by Crippen LogP contribution is -2.37. The lowest BCUT2D eigenvalue weighted by molar-refractivity contribution is 0.0970. The van der Waals surface area contributed by atoms with E-state index in [1.807, 2.05) is 0 Å². The van der Waals surface area contributed by atoms with Crippen LogP contribution in [0, 0.1) is 17.3 Å². The zero-order valence-corrected chi connectivity index (χ0v) is 14.4. The van der Waals surface area contributed by atoms with Crippen molar-refractivity contribution in [3.8, 4) is 0 Å². The van der Waals surface area contributed by atoms with Crippen molar-refractivity contribution in [2.45, 2.75) is 84.3 Å². The summed E-state index contributed by atoms with van der Waals surface area (Å²) in [5, 5.41) is 0. The summed E-state index contributed by atoms with van der Waals surface area (Å²) in [6, 6.07) is 0. The molecule has 4 unspecified atom stereocenters. The Morgan fingerprint density at radius 3 is 2.71 bits per heavy atom. The molecule has 0 amide bonds. The molecule has 3 rings (SSSR count). The van der Waals surface area contributed by atoms with Crippen LogP contribution < -0.4 is 0 Å². The molecule has 21 heavy (non-hydrogen) atoms. The molecule has 1 nitrogen and oxygen atoms in total. The second kappa shape index (κ2) is 5.26. The fourth-order valence-corrected chi connectivity index (χ4v) is 4.80. The van der Waals surface area contributed by atoms with Crippen LogP contribution in [-0.2, 0) is 4.74 Å². The highest BCUT2D eigenvalue weighted by Gasteiger charge is 2.47. The Kier molecular flexibility index (Phi) is 3.84. The van der Waals surface area contributed by atoms with Gasteiger partial charge in [0, 0.05) is 0 Å². The molecular weight excluding hydrogens is 256 g/mol. The Hall–Kier alpha value is -0.560. The summed E-state index contributed by atoms with van der Waals surface area (Å²) < 4.78 is 5.71. The van der Waals surface area contributed by atoms with Gasteiger partial charge in [0.25, 0.3) is 0 Å². The third-order valence-corrected chi connectivity index (χ3v) is 6.63. The SMILES string of the molecule is C=C(CCC1OC1(C)C)C1CCC2(C)CCC=C(C)C2C1. The van der Waals surface area contributed by atoms with Crippen molar-refractivity contribution in [2.24, 2.45) is 17.3 Å². The standard InChI is InChI=1S/C20H32O/c1-14(8-9-18-19(3,4)21-18)16-10-12-20(5)11-6-7-15(2)17(20)13-16/h7,16-18H,1,6,8-13H2,2-5H3. The monoisotopic (exact) mass is 288 g/mol. The third-order valence-electron chi connectivity index (χ3n) is 6.63. The summed E-state index contributed by atoms with van der Waals surface area (Å²) in [6.45, 7) is 13.7. The molecule has 1 saturated heterocycles. The maximum atomic E-state index is 5.71. The van der Waals surface area contributed by atoms with Crippen LogP contribution in [0.3, 0.4) is 0 Å². The van der Waals surface area contributed by atoms with Gasteiger partial charge >= 0.3 is 0 Å². The van der Waals surface area contributed by atoms with Gasteiger partial charge in [-0.1, -0.05) is 30.7 Å². The van der Waals surface area contributed by atoms with Gasteiger partial charge in [-0.2, -0.15) is 0 Å². The molecule has 1 saturated carbocycles. The molecule has 2 fully saturated rings. The number of epoxide rings is 1. The lowest BCUT2D eigenvalue weighted by atomic mass is 9.57. The zero-order chi connectivity index (χ0) is 15.3. The normalized spacial score (nSPS) is 41.1. The van der Waals surface area contributed by atoms with Gasteiger partial charge in [0.05, 0.1) is 11.7 Å². The number of hydrogen-bond donors (Lipinski definition) is 0. The Morgan fingerprint density at radius 1 is 1.33 bits per heavy atom. The summed E-state index contributed by atoms with van der Waals surface area (Å²) >= 11 is 0. The van der Waals surface area contributed by atoms with Crippen molar-refractivity contribution in [2.75, 3.05) is 0 Å². The first kappa shape index (κ1) is 15.3. The Balaban J connectivity index is 1.56. The van der Waals surface area contributed by atoms with Crippen LogP contribution in [0.5, 0.6) is 0 Å². The largest absolute Gasteiger partial charge is 0.367 e. The van der Waals surface area contributed by atoms with Crippen molar-refractivity contribution in [1.29, 1.82) is 0 Å². The smallest absolute Gasteiger partial charge is 0.0892 e. The molecule has 1 heterocycles. The van der Waals surface area contributed by atoms with Crippen LogP contribution in [0.4, 0.5) is 0 Å². The van der Waals surface area contributed by atoms with Crippen molar-refractivity contribution in [3.63, 3.8) is 0 Å². The maximum absolute atomic E-state index is 5.71. The van der Waals surface area contributed by atoms with Gasteiger partial charge < -0.3 is 4.74 Å². The second-order valence-corrected chi connectivity index (χ2v) is 8.57. The van der Waals surface area contributed by atoms with Gasteiger partial charge in [0.15, 0.2) is 0 Å². The van der Waals surface area contributed by atoms with Crippen LogP contribution in [0.15, 0.2) is 23.8 Å². The van der Waals surface area contributed by atoms with E-state index in [0.29, 0.717) is 11.5 Å². The molecule has 0 aromatic carbocycles. The molecule has 1 aliphatic heterocycles. The first-order valence-electron chi connectivity index (χ1n) is 8.84.